The normalized spacial score (nSPS) is 30.9. The average Bonchev–Trinajstić information content (AvgIpc) is 2.80. The molecule has 2 aliphatic rings. The second-order valence-electron chi connectivity index (χ2n) is 6.21. The number of nitrogens with zero attached hydrogens (tertiary/aromatic N) is 3. The summed E-state index contributed by atoms with van der Waals surface area (Å²) < 4.78 is 0. The Morgan fingerprint density at radius 3 is 2.42 bits per heavy atom. The van der Waals surface area contributed by atoms with Crippen molar-refractivity contribution in [3.63, 3.8) is 0 Å². The number of piperazine rings is 1. The number of carbonyl (C=O) groups is 1. The fourth-order valence-electron chi connectivity index (χ4n) is 3.29. The Labute approximate surface area is 116 Å². The van der Waals surface area contributed by atoms with Crippen molar-refractivity contribution < 1.29 is 4.79 Å². The zero-order chi connectivity index (χ0) is 14.0. The van der Waals surface area contributed by atoms with Gasteiger partial charge >= 0.3 is 0 Å². The lowest BCUT2D eigenvalue weighted by Gasteiger charge is -2.34. The predicted octanol–water partition coefficient (Wildman–Crippen LogP) is -0.311. The summed E-state index contributed by atoms with van der Waals surface area (Å²) in [6.07, 6.45) is 0. The number of likely N-dealkylation sites (N-methyl/N-ethyl adjacent to an activating group) is 1. The highest BCUT2D eigenvalue weighted by molar-refractivity contribution is 5.81. The fraction of sp³-hybridized carbons (Fsp3) is 0.929. The third-order valence-corrected chi connectivity index (χ3v) is 4.60. The molecule has 5 heteroatoms. The molecule has 0 aromatic rings. The van der Waals surface area contributed by atoms with Gasteiger partial charge in [0, 0.05) is 45.3 Å². The van der Waals surface area contributed by atoms with E-state index in [1.807, 2.05) is 0 Å². The van der Waals surface area contributed by atoms with Crippen molar-refractivity contribution in [1.82, 2.24) is 20.0 Å². The van der Waals surface area contributed by atoms with Crippen molar-refractivity contribution in [1.29, 1.82) is 0 Å². The maximum Gasteiger partial charge on any atom is 0.239 e. The zero-order valence-corrected chi connectivity index (χ0v) is 12.7. The van der Waals surface area contributed by atoms with E-state index in [1.54, 1.807) is 0 Å². The first-order chi connectivity index (χ1) is 9.00. The van der Waals surface area contributed by atoms with E-state index in [9.17, 15) is 4.79 Å². The Balaban J connectivity index is 1.92. The monoisotopic (exact) mass is 268 g/mol. The van der Waals surface area contributed by atoms with Gasteiger partial charge in [-0.25, -0.2) is 0 Å². The van der Waals surface area contributed by atoms with Crippen LogP contribution >= 0.6 is 0 Å². The number of rotatable bonds is 3. The van der Waals surface area contributed by atoms with Crippen molar-refractivity contribution >= 4 is 5.91 Å². The summed E-state index contributed by atoms with van der Waals surface area (Å²) in [6.45, 7) is 10.0. The van der Waals surface area contributed by atoms with E-state index in [-0.39, 0.29) is 6.04 Å². The van der Waals surface area contributed by atoms with Crippen LogP contribution in [0.5, 0.6) is 0 Å². The molecule has 0 spiro atoms. The minimum Gasteiger partial charge on any atom is -0.339 e. The molecule has 2 rings (SSSR count). The maximum absolute atomic E-state index is 12.6. The van der Waals surface area contributed by atoms with Crippen LogP contribution in [0.4, 0.5) is 0 Å². The highest BCUT2D eigenvalue weighted by atomic mass is 16.2. The maximum atomic E-state index is 12.6. The second-order valence-corrected chi connectivity index (χ2v) is 6.21. The van der Waals surface area contributed by atoms with Gasteiger partial charge in [-0.2, -0.15) is 0 Å². The molecule has 0 radical (unpaired) electrons. The SMILES string of the molecule is CC1CN(C(=O)C(C)N2CCNCC2)CC1N(C)C. The van der Waals surface area contributed by atoms with Crippen LogP contribution < -0.4 is 5.32 Å². The third kappa shape index (κ3) is 3.27. The Bertz CT molecular complexity index is 315. The summed E-state index contributed by atoms with van der Waals surface area (Å²) in [7, 11) is 4.21. The topological polar surface area (TPSA) is 38.8 Å². The molecule has 0 aliphatic carbocycles. The van der Waals surface area contributed by atoms with Gasteiger partial charge in [0.2, 0.25) is 5.91 Å². The molecule has 3 unspecified atom stereocenters. The van der Waals surface area contributed by atoms with E-state index >= 15 is 0 Å². The van der Waals surface area contributed by atoms with E-state index in [2.05, 4.69) is 48.0 Å². The molecule has 2 fully saturated rings. The Hall–Kier alpha value is -0.650. The molecule has 0 saturated carbocycles. The molecule has 3 atom stereocenters. The largest absolute Gasteiger partial charge is 0.339 e. The van der Waals surface area contributed by atoms with Gasteiger partial charge in [0.1, 0.15) is 0 Å². The van der Waals surface area contributed by atoms with E-state index in [0.717, 1.165) is 39.3 Å². The second kappa shape index (κ2) is 6.20. The lowest BCUT2D eigenvalue weighted by atomic mass is 10.1. The van der Waals surface area contributed by atoms with Crippen LogP contribution in [0.3, 0.4) is 0 Å². The van der Waals surface area contributed by atoms with Gasteiger partial charge in [-0.1, -0.05) is 6.92 Å². The van der Waals surface area contributed by atoms with E-state index in [1.165, 1.54) is 0 Å². The van der Waals surface area contributed by atoms with Crippen molar-refractivity contribution in [2.75, 3.05) is 53.4 Å². The van der Waals surface area contributed by atoms with Gasteiger partial charge in [0.05, 0.1) is 6.04 Å². The number of hydrogen-bond donors (Lipinski definition) is 1. The number of nitrogens with one attached hydrogen (secondary N) is 1. The Kier molecular flexibility index (Phi) is 4.81. The van der Waals surface area contributed by atoms with Gasteiger partial charge in [-0.05, 0) is 26.9 Å². The van der Waals surface area contributed by atoms with Crippen LogP contribution in [0, 0.1) is 5.92 Å². The van der Waals surface area contributed by atoms with E-state index < -0.39 is 0 Å². The van der Waals surface area contributed by atoms with Gasteiger partial charge in [0.25, 0.3) is 0 Å². The molecule has 0 aromatic carbocycles. The summed E-state index contributed by atoms with van der Waals surface area (Å²) in [5.74, 6) is 0.868. The molecule has 2 aliphatic heterocycles. The van der Waals surface area contributed by atoms with Gasteiger partial charge in [-0.3, -0.25) is 9.69 Å². The molecule has 110 valence electrons. The van der Waals surface area contributed by atoms with Crippen LogP contribution in [0.15, 0.2) is 0 Å². The first kappa shape index (κ1) is 14.8. The first-order valence-electron chi connectivity index (χ1n) is 7.40. The lowest BCUT2D eigenvalue weighted by molar-refractivity contribution is -0.135. The quantitative estimate of drug-likeness (QED) is 0.762. The first-order valence-corrected chi connectivity index (χ1v) is 7.40. The van der Waals surface area contributed by atoms with E-state index in [4.69, 9.17) is 0 Å². The molecule has 0 aromatic heterocycles. The van der Waals surface area contributed by atoms with Crippen LogP contribution in [0.1, 0.15) is 13.8 Å². The summed E-state index contributed by atoms with van der Waals surface area (Å²) >= 11 is 0. The van der Waals surface area contributed by atoms with Crippen LogP contribution in [-0.4, -0.2) is 86.1 Å². The van der Waals surface area contributed by atoms with Crippen LogP contribution in [0.2, 0.25) is 0 Å². The summed E-state index contributed by atoms with van der Waals surface area (Å²) in [4.78, 5) is 19.2. The third-order valence-electron chi connectivity index (χ3n) is 4.60. The van der Waals surface area contributed by atoms with Crippen molar-refractivity contribution in [3.05, 3.63) is 0 Å². The standard InChI is InChI=1S/C14H28N4O/c1-11-9-18(10-13(11)16(3)4)14(19)12(2)17-7-5-15-6-8-17/h11-13,15H,5-10H2,1-4H3. The highest BCUT2D eigenvalue weighted by Gasteiger charge is 2.36. The highest BCUT2D eigenvalue weighted by Crippen LogP contribution is 2.21. The summed E-state index contributed by atoms with van der Waals surface area (Å²) in [5, 5.41) is 3.33. The van der Waals surface area contributed by atoms with Gasteiger partial charge in [0.15, 0.2) is 0 Å². The lowest BCUT2D eigenvalue weighted by Crippen LogP contribution is -2.53. The fourth-order valence-corrected chi connectivity index (χ4v) is 3.29. The summed E-state index contributed by atoms with van der Waals surface area (Å²) in [5.41, 5.74) is 0. The molecular weight excluding hydrogens is 240 g/mol. The van der Waals surface area contributed by atoms with E-state index in [0.29, 0.717) is 17.9 Å². The summed E-state index contributed by atoms with van der Waals surface area (Å²) in [6, 6.07) is 0.523. The number of likely N-dealkylation sites (tertiary alicyclic amines) is 1. The molecule has 0 bridgehead atoms. The minimum atomic E-state index is 0.0233. The average molecular weight is 268 g/mol. The Morgan fingerprint density at radius 1 is 1.26 bits per heavy atom. The van der Waals surface area contributed by atoms with Gasteiger partial charge < -0.3 is 15.1 Å². The molecule has 2 saturated heterocycles. The van der Waals surface area contributed by atoms with Crippen LogP contribution in [-0.2, 0) is 4.79 Å². The Morgan fingerprint density at radius 2 is 1.89 bits per heavy atom. The van der Waals surface area contributed by atoms with Crippen molar-refractivity contribution in [3.8, 4) is 0 Å². The number of hydrogen-bond acceptors (Lipinski definition) is 4. The van der Waals surface area contributed by atoms with Crippen molar-refractivity contribution in [2.45, 2.75) is 25.9 Å². The molecular formula is C14H28N4O. The zero-order valence-electron chi connectivity index (χ0n) is 12.7. The van der Waals surface area contributed by atoms with Crippen LogP contribution in [0.25, 0.3) is 0 Å². The molecule has 19 heavy (non-hydrogen) atoms. The molecule has 2 heterocycles. The van der Waals surface area contributed by atoms with Gasteiger partial charge in [-0.15, -0.1) is 0 Å². The molecule has 5 nitrogen and oxygen atoms in total. The molecule has 1 amide bonds. The predicted molar refractivity (Wildman–Crippen MR) is 77.1 cm³/mol. The smallest absolute Gasteiger partial charge is 0.239 e. The minimum absolute atomic E-state index is 0.0233. The number of carbonyl (C=O) groups excluding carboxylic acids is 1. The number of amides is 1. The molecule has 1 N–H and O–H groups in total. The van der Waals surface area contributed by atoms with Crippen molar-refractivity contribution in [2.24, 2.45) is 5.92 Å².